The van der Waals surface area contributed by atoms with Crippen molar-refractivity contribution in [2.75, 3.05) is 12.4 Å². The smallest absolute Gasteiger partial charge is 0.331 e. The van der Waals surface area contributed by atoms with Crippen molar-refractivity contribution in [1.82, 2.24) is 0 Å². The van der Waals surface area contributed by atoms with Gasteiger partial charge < -0.3 is 14.8 Å². The zero-order chi connectivity index (χ0) is 19.8. The van der Waals surface area contributed by atoms with Crippen LogP contribution in [0.1, 0.15) is 12.5 Å². The summed E-state index contributed by atoms with van der Waals surface area (Å²) in [5.41, 5.74) is 0.717. The Kier molecular flexibility index (Phi) is 6.65. The summed E-state index contributed by atoms with van der Waals surface area (Å²) in [6.45, 7) is 1.40. The molecule has 8 nitrogen and oxygen atoms in total. The highest BCUT2D eigenvalue weighted by molar-refractivity contribution is 5.97. The lowest BCUT2D eigenvalue weighted by molar-refractivity contribution is -0.384. The van der Waals surface area contributed by atoms with Gasteiger partial charge in [0, 0.05) is 18.2 Å². The fraction of sp³-hybridized carbons (Fsp3) is 0.158. The van der Waals surface area contributed by atoms with Crippen LogP contribution in [0.25, 0.3) is 6.08 Å². The first-order valence-electron chi connectivity index (χ1n) is 7.97. The Hall–Kier alpha value is -3.68. The van der Waals surface area contributed by atoms with E-state index in [-0.39, 0.29) is 17.1 Å². The Morgan fingerprint density at radius 2 is 1.89 bits per heavy atom. The van der Waals surface area contributed by atoms with Gasteiger partial charge in [0.1, 0.15) is 5.75 Å². The Morgan fingerprint density at radius 3 is 2.52 bits per heavy atom. The second kappa shape index (κ2) is 9.14. The van der Waals surface area contributed by atoms with Crippen molar-refractivity contribution < 1.29 is 24.0 Å². The standard InChI is InChI=1S/C19H18N2O6/c1-13(27-18(22)11-8-14-6-4-3-5-7-14)19(23)20-16-12-15(21(24)25)9-10-17(16)26-2/h3-13H,1-2H3,(H,20,23)/b11-8+/t13-/m1/s1. The largest absolute Gasteiger partial charge is 0.495 e. The lowest BCUT2D eigenvalue weighted by Crippen LogP contribution is -2.29. The van der Waals surface area contributed by atoms with Gasteiger partial charge in [-0.25, -0.2) is 4.79 Å². The van der Waals surface area contributed by atoms with Crippen molar-refractivity contribution in [1.29, 1.82) is 0 Å². The number of hydrogen-bond donors (Lipinski definition) is 1. The first-order valence-corrected chi connectivity index (χ1v) is 7.97. The highest BCUT2D eigenvalue weighted by Crippen LogP contribution is 2.29. The average Bonchev–Trinajstić information content (AvgIpc) is 2.67. The third-order valence-electron chi connectivity index (χ3n) is 3.53. The van der Waals surface area contributed by atoms with E-state index >= 15 is 0 Å². The van der Waals surface area contributed by atoms with E-state index in [2.05, 4.69) is 5.32 Å². The molecule has 2 rings (SSSR count). The number of esters is 1. The van der Waals surface area contributed by atoms with E-state index in [9.17, 15) is 19.7 Å². The summed E-state index contributed by atoms with van der Waals surface area (Å²) in [6.07, 6.45) is 1.67. The highest BCUT2D eigenvalue weighted by atomic mass is 16.6. The number of rotatable bonds is 7. The minimum Gasteiger partial charge on any atom is -0.495 e. The normalized spacial score (nSPS) is 11.6. The van der Waals surface area contributed by atoms with Crippen LogP contribution in [-0.4, -0.2) is 30.0 Å². The molecule has 0 radical (unpaired) electrons. The van der Waals surface area contributed by atoms with Gasteiger partial charge in [-0.05, 0) is 24.6 Å². The molecule has 0 aromatic heterocycles. The first kappa shape index (κ1) is 19.6. The van der Waals surface area contributed by atoms with E-state index in [1.54, 1.807) is 6.08 Å². The van der Waals surface area contributed by atoms with Gasteiger partial charge in [0.2, 0.25) is 0 Å². The molecular formula is C19H18N2O6. The fourth-order valence-corrected chi connectivity index (χ4v) is 2.14. The number of ether oxygens (including phenoxy) is 2. The second-order valence-corrected chi connectivity index (χ2v) is 5.45. The predicted octanol–water partition coefficient (Wildman–Crippen LogP) is 3.19. The minimum absolute atomic E-state index is 0.111. The molecule has 1 amide bonds. The van der Waals surface area contributed by atoms with Crippen LogP contribution < -0.4 is 10.1 Å². The number of hydrogen-bond acceptors (Lipinski definition) is 6. The number of nitrogens with one attached hydrogen (secondary N) is 1. The molecular weight excluding hydrogens is 352 g/mol. The van der Waals surface area contributed by atoms with E-state index in [0.717, 1.165) is 5.56 Å². The molecule has 0 spiro atoms. The van der Waals surface area contributed by atoms with Crippen molar-refractivity contribution in [2.24, 2.45) is 0 Å². The van der Waals surface area contributed by atoms with Crippen molar-refractivity contribution >= 4 is 29.3 Å². The van der Waals surface area contributed by atoms with Gasteiger partial charge in [-0.1, -0.05) is 30.3 Å². The number of methoxy groups -OCH3 is 1. The molecule has 0 aliphatic heterocycles. The zero-order valence-electron chi connectivity index (χ0n) is 14.7. The first-order chi connectivity index (χ1) is 12.9. The van der Waals surface area contributed by atoms with Crippen LogP contribution in [-0.2, 0) is 14.3 Å². The summed E-state index contributed by atoms with van der Waals surface area (Å²) in [5.74, 6) is -1.08. The number of nitro benzene ring substituents is 1. The van der Waals surface area contributed by atoms with Gasteiger partial charge in [0.25, 0.3) is 11.6 Å². The molecule has 0 heterocycles. The maximum Gasteiger partial charge on any atom is 0.331 e. The monoisotopic (exact) mass is 370 g/mol. The van der Waals surface area contributed by atoms with Crippen LogP contribution in [0.4, 0.5) is 11.4 Å². The molecule has 0 saturated carbocycles. The van der Waals surface area contributed by atoms with Crippen LogP contribution in [0.3, 0.4) is 0 Å². The summed E-state index contributed by atoms with van der Waals surface area (Å²) in [4.78, 5) is 34.4. The molecule has 140 valence electrons. The molecule has 0 unspecified atom stereocenters. The number of carbonyl (C=O) groups is 2. The summed E-state index contributed by atoms with van der Waals surface area (Å²) in [6, 6.07) is 12.9. The van der Waals surface area contributed by atoms with Crippen molar-refractivity contribution in [2.45, 2.75) is 13.0 Å². The van der Waals surface area contributed by atoms with Crippen molar-refractivity contribution in [3.63, 3.8) is 0 Å². The number of amides is 1. The molecule has 0 aliphatic rings. The van der Waals surface area contributed by atoms with Gasteiger partial charge >= 0.3 is 5.97 Å². The number of nitrogens with zero attached hydrogens (tertiary/aromatic N) is 1. The molecule has 2 aromatic carbocycles. The summed E-state index contributed by atoms with van der Waals surface area (Å²) in [7, 11) is 1.37. The minimum atomic E-state index is -1.11. The van der Waals surface area contributed by atoms with Gasteiger partial charge in [-0.3, -0.25) is 14.9 Å². The van der Waals surface area contributed by atoms with Crippen LogP contribution in [0.15, 0.2) is 54.6 Å². The quantitative estimate of drug-likeness (QED) is 0.347. The average molecular weight is 370 g/mol. The van der Waals surface area contributed by atoms with E-state index < -0.39 is 22.9 Å². The molecule has 1 N–H and O–H groups in total. The number of non-ortho nitro benzene ring substituents is 1. The van der Waals surface area contributed by atoms with Crippen LogP contribution >= 0.6 is 0 Å². The van der Waals surface area contributed by atoms with E-state index in [0.29, 0.717) is 0 Å². The van der Waals surface area contributed by atoms with E-state index in [1.165, 1.54) is 38.3 Å². The van der Waals surface area contributed by atoms with Crippen LogP contribution in [0, 0.1) is 10.1 Å². The van der Waals surface area contributed by atoms with Gasteiger partial charge in [-0.15, -0.1) is 0 Å². The Bertz CT molecular complexity index is 864. The maximum atomic E-state index is 12.2. The zero-order valence-corrected chi connectivity index (χ0v) is 14.7. The summed E-state index contributed by atoms with van der Waals surface area (Å²) < 4.78 is 10.1. The fourth-order valence-electron chi connectivity index (χ4n) is 2.14. The SMILES string of the molecule is COc1ccc([N+](=O)[O-])cc1NC(=O)[C@@H](C)OC(=O)/C=C/c1ccccc1. The van der Waals surface area contributed by atoms with Gasteiger partial charge in [0.15, 0.2) is 6.10 Å². The molecule has 27 heavy (non-hydrogen) atoms. The molecule has 8 heteroatoms. The van der Waals surface area contributed by atoms with Crippen molar-refractivity contribution in [3.8, 4) is 5.75 Å². The molecule has 0 saturated heterocycles. The highest BCUT2D eigenvalue weighted by Gasteiger charge is 2.20. The maximum absolute atomic E-state index is 12.2. The molecule has 1 atom stereocenters. The summed E-state index contributed by atoms with van der Waals surface area (Å²) in [5, 5.41) is 13.3. The number of benzene rings is 2. The second-order valence-electron chi connectivity index (χ2n) is 5.45. The van der Waals surface area contributed by atoms with Gasteiger partial charge in [-0.2, -0.15) is 0 Å². The van der Waals surface area contributed by atoms with E-state index in [4.69, 9.17) is 9.47 Å². The number of carbonyl (C=O) groups excluding carboxylic acids is 2. The Labute approximate surface area is 155 Å². The third kappa shape index (κ3) is 5.67. The van der Waals surface area contributed by atoms with Crippen molar-refractivity contribution in [3.05, 3.63) is 70.3 Å². The summed E-state index contributed by atoms with van der Waals surface area (Å²) >= 11 is 0. The molecule has 0 fully saturated rings. The topological polar surface area (TPSA) is 108 Å². The van der Waals surface area contributed by atoms with Crippen LogP contribution in [0.2, 0.25) is 0 Å². The number of anilines is 1. The molecule has 0 aliphatic carbocycles. The lowest BCUT2D eigenvalue weighted by atomic mass is 10.2. The lowest BCUT2D eigenvalue weighted by Gasteiger charge is -2.14. The Balaban J connectivity index is 2.01. The molecule has 0 bridgehead atoms. The van der Waals surface area contributed by atoms with Gasteiger partial charge in [0.05, 0.1) is 17.7 Å². The third-order valence-corrected chi connectivity index (χ3v) is 3.53. The Morgan fingerprint density at radius 1 is 1.19 bits per heavy atom. The van der Waals surface area contributed by atoms with E-state index in [1.807, 2.05) is 30.3 Å². The number of nitro groups is 1. The van der Waals surface area contributed by atoms with Crippen LogP contribution in [0.5, 0.6) is 5.75 Å². The predicted molar refractivity (Wildman–Crippen MR) is 99.3 cm³/mol. The molecule has 2 aromatic rings.